The number of sulfonamides is 1. The summed E-state index contributed by atoms with van der Waals surface area (Å²) in [5.74, 6) is 0.114. The second-order valence-electron chi connectivity index (χ2n) is 6.25. The predicted octanol–water partition coefficient (Wildman–Crippen LogP) is 1.05. The molecule has 0 spiro atoms. The van der Waals surface area contributed by atoms with Gasteiger partial charge in [-0.1, -0.05) is 16.6 Å². The third kappa shape index (κ3) is 4.43. The number of rotatable bonds is 6. The number of anilines is 2. The number of hydrogen-bond donors (Lipinski definition) is 4. The van der Waals surface area contributed by atoms with Crippen molar-refractivity contribution in [3.63, 3.8) is 0 Å². The van der Waals surface area contributed by atoms with Crippen LogP contribution in [0, 0.1) is 13.8 Å². The Labute approximate surface area is 167 Å². The summed E-state index contributed by atoms with van der Waals surface area (Å²) < 4.78 is 32.7. The molecule has 5 N–H and O–H groups in total. The zero-order chi connectivity index (χ0) is 21.2. The minimum absolute atomic E-state index is 0.224. The van der Waals surface area contributed by atoms with Crippen LogP contribution in [0.1, 0.15) is 18.3 Å². The maximum atomic E-state index is 11.9. The van der Waals surface area contributed by atoms with Gasteiger partial charge in [0.25, 0.3) is 5.82 Å². The van der Waals surface area contributed by atoms with E-state index in [9.17, 15) is 13.2 Å². The summed E-state index contributed by atoms with van der Waals surface area (Å²) >= 11 is 0. The molecule has 154 valence electrons. The highest BCUT2D eigenvalue weighted by atomic mass is 32.2. The number of nitrogens with two attached hydrogens (primary N) is 1. The highest BCUT2D eigenvalue weighted by molar-refractivity contribution is 7.92. The van der Waals surface area contributed by atoms with Gasteiger partial charge in [-0.3, -0.25) is 10.0 Å². The summed E-state index contributed by atoms with van der Waals surface area (Å²) in [7, 11) is -3.64. The lowest BCUT2D eigenvalue weighted by Gasteiger charge is -2.11. The van der Waals surface area contributed by atoms with Gasteiger partial charge in [0.05, 0.1) is 12.3 Å². The van der Waals surface area contributed by atoms with Crippen LogP contribution in [-0.2, 0) is 14.8 Å². The van der Waals surface area contributed by atoms with Crippen molar-refractivity contribution in [1.82, 2.24) is 15.3 Å². The van der Waals surface area contributed by atoms with Crippen molar-refractivity contribution in [2.45, 2.75) is 20.8 Å². The van der Waals surface area contributed by atoms with Crippen molar-refractivity contribution in [2.75, 3.05) is 22.5 Å². The van der Waals surface area contributed by atoms with Crippen molar-refractivity contribution in [3.05, 3.63) is 35.7 Å². The molecule has 0 atom stereocenters. The molecule has 29 heavy (non-hydrogen) atoms. The van der Waals surface area contributed by atoms with Crippen molar-refractivity contribution in [2.24, 2.45) is 5.73 Å². The zero-order valence-electron chi connectivity index (χ0n) is 16.2. The Morgan fingerprint density at radius 1 is 1.28 bits per heavy atom. The zero-order valence-corrected chi connectivity index (χ0v) is 17.0. The first-order valence-electron chi connectivity index (χ1n) is 8.77. The van der Waals surface area contributed by atoms with E-state index in [2.05, 4.69) is 25.3 Å². The maximum Gasteiger partial charge on any atom is 0.411 e. The van der Waals surface area contributed by atoms with E-state index in [0.29, 0.717) is 34.1 Å². The molecule has 0 radical (unpaired) electrons. The SMILES string of the molecule is CCOC(=O)Nc1cc(-c2ccc(C)c(NS(=O)(=O)CN)c2)n[n+]2c(C)[nH]nc12. The third-order valence-electron chi connectivity index (χ3n) is 4.10. The molecule has 2 aromatic heterocycles. The average molecular weight is 420 g/mol. The van der Waals surface area contributed by atoms with Crippen molar-refractivity contribution in [1.29, 1.82) is 0 Å². The summed E-state index contributed by atoms with van der Waals surface area (Å²) in [5.41, 5.74) is 8.33. The van der Waals surface area contributed by atoms with Crippen LogP contribution in [0.25, 0.3) is 16.9 Å². The van der Waals surface area contributed by atoms with Gasteiger partial charge in [0.1, 0.15) is 17.3 Å². The normalized spacial score (nSPS) is 11.4. The third-order valence-corrected chi connectivity index (χ3v) is 5.07. The molecule has 0 aliphatic carbocycles. The molecule has 0 saturated carbocycles. The Morgan fingerprint density at radius 2 is 2.03 bits per heavy atom. The minimum Gasteiger partial charge on any atom is -0.450 e. The van der Waals surface area contributed by atoms with Crippen LogP contribution in [0.2, 0.25) is 0 Å². The number of ether oxygens (including phenoxy) is 1. The van der Waals surface area contributed by atoms with Gasteiger partial charge >= 0.3 is 11.7 Å². The van der Waals surface area contributed by atoms with Gasteiger partial charge in [0.2, 0.25) is 10.0 Å². The van der Waals surface area contributed by atoms with Gasteiger partial charge in [-0.15, -0.1) is 10.2 Å². The van der Waals surface area contributed by atoms with Crippen LogP contribution in [0.15, 0.2) is 24.3 Å². The molecule has 11 nitrogen and oxygen atoms in total. The topological polar surface area (TPSA) is 156 Å². The number of amides is 1. The van der Waals surface area contributed by atoms with Crippen LogP contribution in [0.5, 0.6) is 0 Å². The molecule has 1 aromatic carbocycles. The van der Waals surface area contributed by atoms with Crippen LogP contribution >= 0.6 is 0 Å². The van der Waals surface area contributed by atoms with Crippen molar-refractivity contribution in [3.8, 4) is 11.3 Å². The number of aromatic nitrogens is 4. The number of benzene rings is 1. The molecule has 1 amide bonds. The fourth-order valence-corrected chi connectivity index (χ4v) is 3.27. The largest absolute Gasteiger partial charge is 0.450 e. The highest BCUT2D eigenvalue weighted by Crippen LogP contribution is 2.27. The monoisotopic (exact) mass is 420 g/mol. The van der Waals surface area contributed by atoms with E-state index in [4.69, 9.17) is 10.5 Å². The molecular weight excluding hydrogens is 398 g/mol. The Hall–Kier alpha value is -3.25. The Bertz CT molecular complexity index is 1170. The number of nitrogens with zero attached hydrogens (tertiary/aromatic N) is 3. The molecule has 0 aliphatic heterocycles. The Balaban J connectivity index is 2.10. The summed E-state index contributed by atoms with van der Waals surface area (Å²) in [4.78, 5) is 11.9. The second kappa shape index (κ2) is 8.01. The maximum absolute atomic E-state index is 11.9. The average Bonchev–Trinajstić information content (AvgIpc) is 3.05. The van der Waals surface area contributed by atoms with Gasteiger partial charge < -0.3 is 10.5 Å². The van der Waals surface area contributed by atoms with Crippen LogP contribution in [0.4, 0.5) is 16.2 Å². The minimum atomic E-state index is -3.64. The van der Waals surface area contributed by atoms with Gasteiger partial charge in [-0.2, -0.15) is 0 Å². The van der Waals surface area contributed by atoms with E-state index < -0.39 is 22.0 Å². The first-order valence-corrected chi connectivity index (χ1v) is 10.4. The second-order valence-corrected chi connectivity index (χ2v) is 8.01. The molecule has 0 saturated heterocycles. The summed E-state index contributed by atoms with van der Waals surface area (Å²) in [5, 5.41) is 14.2. The molecular formula is C17H22N7O4S+. The summed E-state index contributed by atoms with van der Waals surface area (Å²) in [6.45, 7) is 5.48. The van der Waals surface area contributed by atoms with Crippen LogP contribution in [0.3, 0.4) is 0 Å². The Kier molecular flexibility index (Phi) is 5.66. The Morgan fingerprint density at radius 3 is 2.72 bits per heavy atom. The fraction of sp³-hybridized carbons (Fsp3) is 0.294. The first kappa shape index (κ1) is 20.5. The van der Waals surface area contributed by atoms with Crippen LogP contribution < -0.4 is 20.3 Å². The number of aryl methyl sites for hydroxylation is 2. The number of nitrogens with one attached hydrogen (secondary N) is 3. The van der Waals surface area contributed by atoms with Gasteiger partial charge in [0, 0.05) is 17.6 Å². The fourth-order valence-electron chi connectivity index (χ4n) is 2.63. The van der Waals surface area contributed by atoms with E-state index in [1.54, 1.807) is 49.6 Å². The van der Waals surface area contributed by atoms with E-state index >= 15 is 0 Å². The van der Waals surface area contributed by atoms with Crippen molar-refractivity contribution >= 4 is 33.1 Å². The van der Waals surface area contributed by atoms with E-state index in [0.717, 1.165) is 5.56 Å². The number of H-pyrrole nitrogens is 1. The number of aromatic amines is 1. The van der Waals surface area contributed by atoms with E-state index in [1.807, 2.05) is 0 Å². The molecule has 12 heteroatoms. The lowest BCUT2D eigenvalue weighted by molar-refractivity contribution is -0.586. The number of carbonyl (C=O) groups is 1. The molecule has 2 heterocycles. The number of hydrogen-bond acceptors (Lipinski definition) is 7. The van der Waals surface area contributed by atoms with Crippen molar-refractivity contribution < 1.29 is 22.5 Å². The number of carbonyl (C=O) groups excluding carboxylic acids is 1. The standard InChI is InChI=1S/C17H21N7O4S/c1-4-28-17(25)19-15-8-14(22-24-11(3)20-21-16(15)24)12-6-5-10(2)13(7-12)23-29(26,27)9-18/h5-8,23H,4,9,18H2,1-3H3,(H,19,22,25)/p+1. The molecule has 0 bridgehead atoms. The molecule has 3 aromatic rings. The summed E-state index contributed by atoms with van der Waals surface area (Å²) in [6.07, 6.45) is -0.618. The van der Waals surface area contributed by atoms with Gasteiger partial charge in [-0.25, -0.2) is 13.2 Å². The van der Waals surface area contributed by atoms with Crippen LogP contribution in [-0.4, -0.2) is 42.3 Å². The lowest BCUT2D eigenvalue weighted by Crippen LogP contribution is -2.30. The smallest absolute Gasteiger partial charge is 0.411 e. The molecule has 0 fully saturated rings. The van der Waals surface area contributed by atoms with Gasteiger partial charge in [-0.05, 0) is 31.5 Å². The quantitative estimate of drug-likeness (QED) is 0.434. The van der Waals surface area contributed by atoms with Gasteiger partial charge in [0.15, 0.2) is 0 Å². The number of fused-ring (bicyclic) bond motifs is 1. The molecule has 0 unspecified atom stereocenters. The predicted molar refractivity (Wildman–Crippen MR) is 107 cm³/mol. The first-order chi connectivity index (χ1) is 13.7. The molecule has 0 aliphatic rings. The highest BCUT2D eigenvalue weighted by Gasteiger charge is 2.21. The lowest BCUT2D eigenvalue weighted by atomic mass is 10.1. The van der Waals surface area contributed by atoms with E-state index in [-0.39, 0.29) is 6.61 Å². The summed E-state index contributed by atoms with van der Waals surface area (Å²) in [6, 6.07) is 6.86. The van der Waals surface area contributed by atoms with E-state index in [1.165, 1.54) is 0 Å². The molecule has 3 rings (SSSR count).